The van der Waals surface area contributed by atoms with E-state index in [0.717, 1.165) is 0 Å². The minimum absolute atomic E-state index is 0.299. The lowest BCUT2D eigenvalue weighted by Crippen LogP contribution is -2.45. The van der Waals surface area contributed by atoms with Crippen molar-refractivity contribution in [3.63, 3.8) is 0 Å². The molecule has 0 N–H and O–H groups in total. The Hall–Kier alpha value is -10.9. The first-order chi connectivity index (χ1) is 43.6. The zero-order valence-corrected chi connectivity index (χ0v) is 48.4. The molecule has 88 heavy (non-hydrogen) atoms. The minimum atomic E-state index is 0.299. The van der Waals surface area contributed by atoms with E-state index >= 15 is 0 Å². The molecule has 0 saturated carbocycles. The highest BCUT2D eigenvalue weighted by Crippen LogP contribution is 2.37. The monoisotopic (exact) mass is 1120 g/mol. The van der Waals surface area contributed by atoms with Crippen LogP contribution in [0.5, 0.6) is 0 Å². The number of nitrogens with zero attached hydrogens (tertiary/aromatic N) is 4. The normalized spacial score (nSPS) is 15.3. The Kier molecular flexibility index (Phi) is 12.6. The van der Waals surface area contributed by atoms with Crippen molar-refractivity contribution in [3.05, 3.63) is 337 Å². The van der Waals surface area contributed by atoms with Crippen LogP contribution in [-0.4, -0.2) is 41.8 Å². The summed E-state index contributed by atoms with van der Waals surface area (Å²) in [5.41, 5.74) is 10.8. The van der Waals surface area contributed by atoms with Crippen molar-refractivity contribution < 1.29 is 0 Å². The maximum absolute atomic E-state index is 2.40. The van der Waals surface area contributed by atoms with Crippen LogP contribution in [0.4, 0.5) is 5.69 Å². The number of fused-ring (bicyclic) bond motifs is 26. The van der Waals surface area contributed by atoms with Crippen molar-refractivity contribution in [3.8, 4) is 0 Å². The van der Waals surface area contributed by atoms with Crippen molar-refractivity contribution >= 4 is 161 Å². The molecule has 0 spiro atoms. The zero-order chi connectivity index (χ0) is 58.1. The number of rotatable bonds is 0. The van der Waals surface area contributed by atoms with Gasteiger partial charge in [0.25, 0.3) is 0 Å². The second kappa shape index (κ2) is 21.5. The molecule has 408 valence electrons. The highest BCUT2D eigenvalue weighted by atomic mass is 15.1. The molecule has 12 aromatic rings. The number of hydrogen-bond acceptors (Lipinski definition) is 4. The van der Waals surface area contributed by atoms with Crippen molar-refractivity contribution in [2.45, 2.75) is 0 Å². The molecule has 0 radical (unpaired) electrons. The van der Waals surface area contributed by atoms with Crippen LogP contribution < -0.4 is 31.6 Å². The molecule has 0 aromatic heterocycles. The van der Waals surface area contributed by atoms with Gasteiger partial charge in [0.05, 0.1) is 0 Å². The molecule has 0 atom stereocenters. The third-order valence-electron chi connectivity index (χ3n) is 18.7. The van der Waals surface area contributed by atoms with Gasteiger partial charge in [0.1, 0.15) is 0 Å². The maximum atomic E-state index is 2.40. The largest absolute Gasteiger partial charge is 0.389 e. The lowest BCUT2D eigenvalue weighted by Gasteiger charge is -2.32. The maximum Gasteiger partial charge on any atom is 0.320 e. The fourth-order valence-corrected chi connectivity index (χ4v) is 14.4. The summed E-state index contributed by atoms with van der Waals surface area (Å²) >= 11 is 0. The van der Waals surface area contributed by atoms with Gasteiger partial charge < -0.3 is 19.2 Å². The summed E-state index contributed by atoms with van der Waals surface area (Å²) in [5.74, 6) is 11.4. The van der Waals surface area contributed by atoms with Crippen molar-refractivity contribution in [1.82, 2.24) is 14.4 Å². The predicted molar refractivity (Wildman–Crippen MR) is 384 cm³/mol. The quantitative estimate of drug-likeness (QED) is 0.0852. The summed E-state index contributed by atoms with van der Waals surface area (Å²) in [5, 5.41) is 21.1. The van der Waals surface area contributed by atoms with Gasteiger partial charge in [0.15, 0.2) is 0 Å². The highest BCUT2D eigenvalue weighted by molar-refractivity contribution is 6.84. The van der Waals surface area contributed by atoms with E-state index in [2.05, 4.69) is 360 Å². The van der Waals surface area contributed by atoms with Crippen LogP contribution >= 0.6 is 0 Å². The van der Waals surface area contributed by atoms with E-state index in [-0.39, 0.29) is 0 Å². The van der Waals surface area contributed by atoms with E-state index in [1.165, 1.54) is 130 Å². The molecule has 8 heterocycles. The molecule has 0 aliphatic carbocycles. The Labute approximate surface area is 514 Å². The molecule has 0 fully saturated rings. The van der Waals surface area contributed by atoms with Crippen molar-refractivity contribution in [2.75, 3.05) is 4.81 Å². The summed E-state index contributed by atoms with van der Waals surface area (Å²) in [6.45, 7) is 1.25. The molecule has 12 aromatic carbocycles. The fourth-order valence-electron chi connectivity index (χ4n) is 14.4. The molecule has 8 aliphatic heterocycles. The number of benzene rings is 12. The molecule has 0 unspecified atom stereocenters. The van der Waals surface area contributed by atoms with Crippen LogP contribution in [0.2, 0.25) is 0 Å². The summed E-state index contributed by atoms with van der Waals surface area (Å²) < 4.78 is 0. The minimum Gasteiger partial charge on any atom is -0.389 e. The van der Waals surface area contributed by atoms with E-state index in [1.54, 1.807) is 0 Å². The molecule has 8 aliphatic rings. The third kappa shape index (κ3) is 8.90. The van der Waals surface area contributed by atoms with Crippen LogP contribution in [0.3, 0.4) is 0 Å². The molecular weight excluding hydrogens is 1060 g/mol. The molecule has 0 saturated heterocycles. The first kappa shape index (κ1) is 51.5. The van der Waals surface area contributed by atoms with Crippen molar-refractivity contribution in [1.29, 1.82) is 0 Å². The van der Waals surface area contributed by atoms with Gasteiger partial charge >= 0.3 is 27.4 Å². The average molecular weight is 1120 g/mol. The van der Waals surface area contributed by atoms with E-state index in [4.69, 9.17) is 0 Å². The van der Waals surface area contributed by atoms with Gasteiger partial charge in [-0.15, -0.1) is 0 Å². The van der Waals surface area contributed by atoms with Gasteiger partial charge in [0, 0.05) is 11.1 Å². The molecule has 20 rings (SSSR count). The van der Waals surface area contributed by atoms with Gasteiger partial charge in [-0.2, -0.15) is 0 Å². The Balaban J connectivity index is 0.0000000910. The van der Waals surface area contributed by atoms with E-state index in [1.807, 2.05) is 0 Å². The number of allylic oxidation sites excluding steroid dienone is 6. The topological polar surface area (TPSA) is 13.0 Å². The van der Waals surface area contributed by atoms with Gasteiger partial charge in [-0.25, -0.2) is 0 Å². The van der Waals surface area contributed by atoms with Crippen molar-refractivity contribution in [2.24, 2.45) is 0 Å². The van der Waals surface area contributed by atoms with Crippen LogP contribution in [0.15, 0.2) is 304 Å². The first-order valence-corrected chi connectivity index (χ1v) is 30.7. The summed E-state index contributed by atoms with van der Waals surface area (Å²) in [6.07, 6.45) is 36.9. The molecule has 4 nitrogen and oxygen atoms in total. The summed E-state index contributed by atoms with van der Waals surface area (Å²) in [4.78, 5) is 9.18. The van der Waals surface area contributed by atoms with Gasteiger partial charge in [-0.1, -0.05) is 248 Å². The second-order valence-corrected chi connectivity index (χ2v) is 23.6. The standard InChI is InChI=1S/4C20H14BN/c1-2-7-18-14-22-20-16(11-12-21(22)13-17(18)6-1)10-9-15-5-3-4-8-19(15)20;1-2-6-17-15(5-1)7-8-16-9-10-19-18(20(16)17)11-14-22-13-4-3-12-21(19)22;1-2-6-16-15(5-1)7-8-18-17(16)9-10-20-19(18)11-14-22-13-4-3-12-21(20)22;1-2-6-16-14-19-17(13-15(16)5-1)7-8-20-18(19)9-12-22-11-4-3-10-21(20)22/h4*1-14H. The van der Waals surface area contributed by atoms with Crippen LogP contribution in [0.25, 0.3) is 112 Å². The molecule has 8 heteroatoms. The van der Waals surface area contributed by atoms with Crippen LogP contribution in [0, 0.1) is 0 Å². The van der Waals surface area contributed by atoms with E-state index in [0.29, 0.717) is 27.4 Å². The Morgan fingerprint density at radius 1 is 0.284 bits per heavy atom. The van der Waals surface area contributed by atoms with Crippen LogP contribution in [-0.2, 0) is 0 Å². The lowest BCUT2D eigenvalue weighted by atomic mass is 9.51. The molecule has 0 amide bonds. The Morgan fingerprint density at radius 2 is 0.761 bits per heavy atom. The molecular formula is C80H56B4N4. The van der Waals surface area contributed by atoms with E-state index in [9.17, 15) is 0 Å². The highest BCUT2D eigenvalue weighted by Gasteiger charge is 2.31. The summed E-state index contributed by atoms with van der Waals surface area (Å²) in [6, 6.07) is 74.7. The second-order valence-electron chi connectivity index (χ2n) is 23.6. The average Bonchev–Trinajstić information content (AvgIpc) is 1.90. The van der Waals surface area contributed by atoms with E-state index < -0.39 is 0 Å². The Morgan fingerprint density at radius 3 is 1.45 bits per heavy atom. The van der Waals surface area contributed by atoms with Gasteiger partial charge in [-0.05, 0) is 211 Å². The zero-order valence-electron chi connectivity index (χ0n) is 48.4. The third-order valence-corrected chi connectivity index (χ3v) is 18.7. The SMILES string of the molecule is C1=CB2c3ccc4c(ccc5ccccc54)c3C=CN2C=C1.C1=CB2c3ccc4cc5ccccc5cc4c3C=CN2C=C1.C1=CB2c3ccc4ccc5ccccc5c4c3C=CN2C=C1.C1=Cc2ccc3ccccc3c2N2C=c3ccccc3=CB12. The smallest absolute Gasteiger partial charge is 0.320 e. The number of anilines is 1. The fraction of sp³-hybridized carbons (Fsp3) is 0. The molecule has 0 bridgehead atoms. The lowest BCUT2D eigenvalue weighted by molar-refractivity contribution is 0.797. The Bertz CT molecular complexity index is 5300. The number of hydrogen-bond donors (Lipinski definition) is 0. The van der Waals surface area contributed by atoms with Gasteiger partial charge in [-0.3, -0.25) is 0 Å². The van der Waals surface area contributed by atoms with Gasteiger partial charge in [0.2, 0.25) is 0 Å². The first-order valence-electron chi connectivity index (χ1n) is 30.7. The van der Waals surface area contributed by atoms with Crippen LogP contribution in [0.1, 0.15) is 22.3 Å². The predicted octanol–water partition coefficient (Wildman–Crippen LogP) is 15.3. The summed E-state index contributed by atoms with van der Waals surface area (Å²) in [7, 11) is 0.